The van der Waals surface area contributed by atoms with Crippen LogP contribution in [0.1, 0.15) is 97.7 Å². The molecule has 3 rings (SSSR count). The SMILES string of the molecule is CCCCC(NC(=O)C(Cc1c(C#N)[nH]c2ccccc12)NC(=O)C(CC(C)(C)C)NC(=O)N1C(C)CCCC1C)C(=O)OC. The van der Waals surface area contributed by atoms with Crippen LogP contribution in [0.4, 0.5) is 4.79 Å². The molecule has 2 heterocycles. The Morgan fingerprint density at radius 2 is 1.64 bits per heavy atom. The smallest absolute Gasteiger partial charge is 0.328 e. The van der Waals surface area contributed by atoms with Crippen LogP contribution in [0.5, 0.6) is 0 Å². The summed E-state index contributed by atoms with van der Waals surface area (Å²) in [5.41, 5.74) is 1.26. The highest BCUT2D eigenvalue weighted by Gasteiger charge is 2.36. The van der Waals surface area contributed by atoms with Crippen LogP contribution >= 0.6 is 0 Å². The number of fused-ring (bicyclic) bond motifs is 1. The van der Waals surface area contributed by atoms with Gasteiger partial charge in [0.15, 0.2) is 0 Å². The Morgan fingerprint density at radius 1 is 1.02 bits per heavy atom. The first-order valence-electron chi connectivity index (χ1n) is 16.1. The maximum absolute atomic E-state index is 14.0. The molecule has 1 fully saturated rings. The molecule has 1 saturated heterocycles. The molecule has 2 aromatic rings. The van der Waals surface area contributed by atoms with Gasteiger partial charge in [-0.05, 0) is 63.0 Å². The van der Waals surface area contributed by atoms with E-state index in [4.69, 9.17) is 4.74 Å². The number of hydrogen-bond acceptors (Lipinski definition) is 6. The van der Waals surface area contributed by atoms with Gasteiger partial charge in [0.2, 0.25) is 11.8 Å². The number of nitrogens with zero attached hydrogens (tertiary/aromatic N) is 2. The third-order valence-corrected chi connectivity index (χ3v) is 8.47. The van der Waals surface area contributed by atoms with Crippen molar-refractivity contribution in [2.45, 2.75) is 123 Å². The molecule has 246 valence electrons. The van der Waals surface area contributed by atoms with E-state index in [1.54, 1.807) is 4.90 Å². The highest BCUT2D eigenvalue weighted by atomic mass is 16.5. The van der Waals surface area contributed by atoms with E-state index in [2.05, 4.69) is 27.0 Å². The Morgan fingerprint density at radius 3 is 2.24 bits per heavy atom. The molecule has 5 unspecified atom stereocenters. The lowest BCUT2D eigenvalue weighted by Crippen LogP contribution is -2.60. The van der Waals surface area contributed by atoms with E-state index >= 15 is 0 Å². The number of esters is 1. The molecule has 45 heavy (non-hydrogen) atoms. The molecule has 0 saturated carbocycles. The number of piperidine rings is 1. The number of rotatable bonds is 12. The Balaban J connectivity index is 1.96. The van der Waals surface area contributed by atoms with Crippen LogP contribution in [0.15, 0.2) is 24.3 Å². The minimum Gasteiger partial charge on any atom is -0.467 e. The predicted octanol–water partition coefficient (Wildman–Crippen LogP) is 4.69. The first-order chi connectivity index (χ1) is 21.3. The molecule has 1 aromatic heterocycles. The van der Waals surface area contributed by atoms with Gasteiger partial charge in [0.1, 0.15) is 29.9 Å². The number of benzene rings is 1. The molecule has 0 bridgehead atoms. The van der Waals surface area contributed by atoms with E-state index in [0.29, 0.717) is 24.8 Å². The summed E-state index contributed by atoms with van der Waals surface area (Å²) in [7, 11) is 1.27. The van der Waals surface area contributed by atoms with E-state index in [1.807, 2.05) is 65.8 Å². The lowest BCUT2D eigenvalue weighted by molar-refractivity contribution is -0.145. The summed E-state index contributed by atoms with van der Waals surface area (Å²) in [6.07, 6.45) is 5.01. The van der Waals surface area contributed by atoms with Gasteiger partial charge in [0.25, 0.3) is 0 Å². The number of para-hydroxylation sites is 1. The third-order valence-electron chi connectivity index (χ3n) is 8.47. The topological polar surface area (TPSA) is 156 Å². The van der Waals surface area contributed by atoms with Crippen molar-refractivity contribution in [3.63, 3.8) is 0 Å². The summed E-state index contributed by atoms with van der Waals surface area (Å²) in [6, 6.07) is 6.32. The van der Waals surface area contributed by atoms with E-state index in [9.17, 15) is 24.4 Å². The molecule has 0 radical (unpaired) electrons. The normalized spacial score (nSPS) is 18.8. The number of urea groups is 1. The summed E-state index contributed by atoms with van der Waals surface area (Å²) in [4.78, 5) is 58.9. The highest BCUT2D eigenvalue weighted by molar-refractivity contribution is 5.94. The molecule has 4 amide bonds. The van der Waals surface area contributed by atoms with Crippen molar-refractivity contribution < 1.29 is 23.9 Å². The number of unbranched alkanes of at least 4 members (excludes halogenated alkanes) is 1. The van der Waals surface area contributed by atoms with Gasteiger partial charge in [-0.3, -0.25) is 9.59 Å². The van der Waals surface area contributed by atoms with Crippen LogP contribution in [-0.4, -0.2) is 71.0 Å². The van der Waals surface area contributed by atoms with E-state index in [0.717, 1.165) is 36.6 Å². The Bertz CT molecular complexity index is 1380. The van der Waals surface area contributed by atoms with Gasteiger partial charge in [-0.25, -0.2) is 9.59 Å². The number of aromatic amines is 1. The lowest BCUT2D eigenvalue weighted by atomic mass is 9.87. The third kappa shape index (κ3) is 9.46. The van der Waals surface area contributed by atoms with Crippen molar-refractivity contribution in [3.05, 3.63) is 35.5 Å². The summed E-state index contributed by atoms with van der Waals surface area (Å²) in [5.74, 6) is -1.67. The summed E-state index contributed by atoms with van der Waals surface area (Å²) < 4.78 is 4.94. The van der Waals surface area contributed by atoms with Crippen LogP contribution in [0.3, 0.4) is 0 Å². The number of methoxy groups -OCH3 is 1. The average Bonchev–Trinajstić information content (AvgIpc) is 3.34. The number of ether oxygens (including phenoxy) is 1. The van der Waals surface area contributed by atoms with Crippen molar-refractivity contribution in [2.24, 2.45) is 5.41 Å². The zero-order chi connectivity index (χ0) is 33.3. The number of nitrogens with one attached hydrogen (secondary N) is 4. The molecular weight excluding hydrogens is 572 g/mol. The second kappa shape index (κ2) is 15.8. The molecule has 1 aliphatic heterocycles. The lowest BCUT2D eigenvalue weighted by Gasteiger charge is -2.40. The fourth-order valence-electron chi connectivity index (χ4n) is 6.13. The molecule has 0 aliphatic carbocycles. The van der Waals surface area contributed by atoms with Gasteiger partial charge >= 0.3 is 12.0 Å². The van der Waals surface area contributed by atoms with Crippen molar-refractivity contribution in [1.82, 2.24) is 25.8 Å². The van der Waals surface area contributed by atoms with E-state index in [1.165, 1.54) is 7.11 Å². The second-order valence-electron chi connectivity index (χ2n) is 13.4. The van der Waals surface area contributed by atoms with Gasteiger partial charge in [0.05, 0.1) is 7.11 Å². The highest BCUT2D eigenvalue weighted by Crippen LogP contribution is 2.26. The Labute approximate surface area is 266 Å². The van der Waals surface area contributed by atoms with Crippen LogP contribution in [0.2, 0.25) is 0 Å². The van der Waals surface area contributed by atoms with E-state index < -0.39 is 35.9 Å². The van der Waals surface area contributed by atoms with Crippen molar-refractivity contribution in [2.75, 3.05) is 7.11 Å². The monoisotopic (exact) mass is 622 g/mol. The fourth-order valence-corrected chi connectivity index (χ4v) is 6.13. The number of nitriles is 1. The molecule has 5 atom stereocenters. The van der Waals surface area contributed by atoms with Gasteiger partial charge in [-0.15, -0.1) is 0 Å². The summed E-state index contributed by atoms with van der Waals surface area (Å²) in [5, 5.41) is 19.3. The number of carbonyl (C=O) groups is 4. The first kappa shape index (κ1) is 35.4. The molecule has 0 spiro atoms. The average molecular weight is 623 g/mol. The Hall–Kier alpha value is -4.07. The van der Waals surface area contributed by atoms with Gasteiger partial charge < -0.3 is 30.6 Å². The van der Waals surface area contributed by atoms with Gasteiger partial charge in [-0.1, -0.05) is 58.7 Å². The first-order valence-corrected chi connectivity index (χ1v) is 16.1. The molecule has 1 aromatic carbocycles. The van der Waals surface area contributed by atoms with Crippen LogP contribution in [-0.2, 0) is 25.5 Å². The molecule has 11 heteroatoms. The molecule has 4 N–H and O–H groups in total. The molecule has 11 nitrogen and oxygen atoms in total. The summed E-state index contributed by atoms with van der Waals surface area (Å²) in [6.45, 7) is 12.0. The number of aromatic nitrogens is 1. The number of hydrogen-bond donors (Lipinski definition) is 4. The van der Waals surface area contributed by atoms with Crippen LogP contribution in [0.25, 0.3) is 10.9 Å². The largest absolute Gasteiger partial charge is 0.467 e. The van der Waals surface area contributed by atoms with Crippen molar-refractivity contribution in [3.8, 4) is 6.07 Å². The van der Waals surface area contributed by atoms with Gasteiger partial charge in [0, 0.05) is 29.4 Å². The van der Waals surface area contributed by atoms with Crippen LogP contribution < -0.4 is 16.0 Å². The van der Waals surface area contributed by atoms with E-state index in [-0.39, 0.29) is 35.6 Å². The predicted molar refractivity (Wildman–Crippen MR) is 173 cm³/mol. The summed E-state index contributed by atoms with van der Waals surface area (Å²) >= 11 is 0. The quantitative estimate of drug-likeness (QED) is 0.252. The second-order valence-corrected chi connectivity index (χ2v) is 13.4. The number of likely N-dealkylation sites (tertiary alicyclic amines) is 1. The number of H-pyrrole nitrogens is 1. The van der Waals surface area contributed by atoms with Crippen molar-refractivity contribution >= 4 is 34.7 Å². The number of amides is 4. The number of carbonyl (C=O) groups excluding carboxylic acids is 4. The maximum Gasteiger partial charge on any atom is 0.328 e. The molecular formula is C34H50N6O5. The standard InChI is InChI=1S/C34H50N6O5/c1-8-9-16-26(32(43)45-7)37-30(41)27(18-24-23-15-10-11-17-25(23)36-29(24)20-35)38-31(42)28(19-34(4,5)6)39-33(44)40-21(2)13-12-14-22(40)3/h10-11,15,17,21-22,26-28,36H,8-9,12-14,16,18-19H2,1-7H3,(H,37,41)(H,38,42)(H,39,44). The minimum absolute atomic E-state index is 0.0114. The van der Waals surface area contributed by atoms with Crippen LogP contribution in [0, 0.1) is 16.7 Å². The zero-order valence-corrected chi connectivity index (χ0v) is 27.8. The maximum atomic E-state index is 14.0. The zero-order valence-electron chi connectivity index (χ0n) is 27.8. The molecule has 1 aliphatic rings. The fraction of sp³-hybridized carbons (Fsp3) is 0.618. The van der Waals surface area contributed by atoms with Gasteiger partial charge in [-0.2, -0.15) is 5.26 Å². The Kier molecular flexibility index (Phi) is 12.4. The minimum atomic E-state index is -1.15. The van der Waals surface area contributed by atoms with Crippen molar-refractivity contribution in [1.29, 1.82) is 5.26 Å².